The summed E-state index contributed by atoms with van der Waals surface area (Å²) in [7, 11) is 0. The van der Waals surface area contributed by atoms with Gasteiger partial charge in [0.25, 0.3) is 5.56 Å². The van der Waals surface area contributed by atoms with Crippen LogP contribution in [0.25, 0.3) is 22.6 Å². The molecule has 0 saturated carbocycles. The van der Waals surface area contributed by atoms with Gasteiger partial charge in [0, 0.05) is 12.1 Å². The van der Waals surface area contributed by atoms with Gasteiger partial charge in [0.05, 0.1) is 11.3 Å². The molecular weight excluding hydrogens is 286 g/mol. The molecule has 0 aliphatic carbocycles. The van der Waals surface area contributed by atoms with Crippen LogP contribution in [0.2, 0.25) is 0 Å². The van der Waals surface area contributed by atoms with Gasteiger partial charge in [0.1, 0.15) is 0 Å². The van der Waals surface area contributed by atoms with Crippen molar-refractivity contribution in [2.45, 2.75) is 13.5 Å². The Morgan fingerprint density at radius 2 is 2.00 bits per heavy atom. The lowest BCUT2D eigenvalue weighted by Gasteiger charge is -2.07. The molecule has 106 valence electrons. The zero-order chi connectivity index (χ0) is 14.8. The smallest absolute Gasteiger partial charge is 0.277 e. The van der Waals surface area contributed by atoms with Gasteiger partial charge in [-0.05, 0) is 25.2 Å². The largest absolute Gasteiger partial charge is 0.281 e. The highest BCUT2D eigenvalue weighted by atomic mass is 32.1. The molecule has 0 radical (unpaired) electrons. The average molecular weight is 299 g/mol. The third-order valence-corrected chi connectivity index (χ3v) is 3.29. The molecule has 3 aromatic rings. The topological polar surface area (TPSA) is 79.4 Å². The summed E-state index contributed by atoms with van der Waals surface area (Å²) in [6, 6.07) is 11.4. The van der Waals surface area contributed by atoms with E-state index in [4.69, 9.17) is 12.2 Å². The number of nitrogens with one attached hydrogen (secondary N) is 2. The van der Waals surface area contributed by atoms with E-state index in [-0.39, 0.29) is 5.56 Å². The number of aromatic amines is 2. The van der Waals surface area contributed by atoms with Gasteiger partial charge < -0.3 is 0 Å². The van der Waals surface area contributed by atoms with Crippen LogP contribution in [0.4, 0.5) is 0 Å². The second kappa shape index (κ2) is 5.45. The number of hydrogen-bond acceptors (Lipinski definition) is 4. The number of benzene rings is 1. The van der Waals surface area contributed by atoms with Crippen LogP contribution >= 0.6 is 12.2 Å². The van der Waals surface area contributed by atoms with E-state index in [0.717, 1.165) is 11.3 Å². The number of aromatic nitrogens is 5. The third kappa shape index (κ3) is 2.55. The van der Waals surface area contributed by atoms with Crippen molar-refractivity contribution in [2.75, 3.05) is 0 Å². The van der Waals surface area contributed by atoms with Crippen LogP contribution in [-0.2, 0) is 6.54 Å². The number of rotatable bonds is 3. The molecule has 2 N–H and O–H groups in total. The van der Waals surface area contributed by atoms with Crippen LogP contribution in [-0.4, -0.2) is 25.0 Å². The van der Waals surface area contributed by atoms with Crippen LogP contribution in [0.5, 0.6) is 0 Å². The summed E-state index contributed by atoms with van der Waals surface area (Å²) < 4.78 is 1.73. The van der Waals surface area contributed by atoms with E-state index in [1.165, 1.54) is 4.68 Å². The molecular formula is C14H13N5OS. The molecule has 2 heterocycles. The number of nitrogens with zero attached hydrogens (tertiary/aromatic N) is 3. The fraction of sp³-hybridized carbons (Fsp3) is 0.143. The second-order valence-electron chi connectivity index (χ2n) is 4.45. The van der Waals surface area contributed by atoms with E-state index in [0.29, 0.717) is 22.7 Å². The Hall–Kier alpha value is -2.54. The molecule has 21 heavy (non-hydrogen) atoms. The molecule has 3 rings (SSSR count). The fourth-order valence-corrected chi connectivity index (χ4v) is 2.22. The summed E-state index contributed by atoms with van der Waals surface area (Å²) in [5, 5.41) is 9.89. The van der Waals surface area contributed by atoms with Crippen molar-refractivity contribution < 1.29 is 0 Å². The minimum absolute atomic E-state index is 0.199. The van der Waals surface area contributed by atoms with Crippen molar-refractivity contribution in [3.63, 3.8) is 0 Å². The molecule has 1 aromatic carbocycles. The van der Waals surface area contributed by atoms with E-state index in [1.54, 1.807) is 6.07 Å². The summed E-state index contributed by atoms with van der Waals surface area (Å²) in [5.74, 6) is 0.423. The molecule has 0 amide bonds. The quantitative estimate of drug-likeness (QED) is 0.728. The van der Waals surface area contributed by atoms with Gasteiger partial charge in [0.2, 0.25) is 4.77 Å². The summed E-state index contributed by atoms with van der Waals surface area (Å²) in [4.78, 5) is 16.5. The lowest BCUT2D eigenvalue weighted by molar-refractivity contribution is 0.620. The highest BCUT2D eigenvalue weighted by Gasteiger charge is 2.13. The average Bonchev–Trinajstić information content (AvgIpc) is 2.95. The molecule has 2 aromatic heterocycles. The van der Waals surface area contributed by atoms with Crippen LogP contribution in [0.3, 0.4) is 0 Å². The minimum atomic E-state index is -0.199. The number of H-pyrrole nitrogens is 2. The lowest BCUT2D eigenvalue weighted by Crippen LogP contribution is -2.24. The standard InChI is InChI=1S/C14H13N5OS/c1-2-19-13(20)10(12-15-14(21)17-16-12)8-11(18-19)9-6-4-3-5-7-9/h3-8H,2H2,1H3,(H2,15,16,17,21). The first-order valence-electron chi connectivity index (χ1n) is 6.51. The molecule has 0 saturated heterocycles. The van der Waals surface area contributed by atoms with Crippen LogP contribution in [0.1, 0.15) is 6.92 Å². The van der Waals surface area contributed by atoms with Gasteiger partial charge in [-0.2, -0.15) is 10.1 Å². The van der Waals surface area contributed by atoms with E-state index < -0.39 is 0 Å². The fourth-order valence-electron chi connectivity index (χ4n) is 2.07. The van der Waals surface area contributed by atoms with Gasteiger partial charge in [-0.3, -0.25) is 15.0 Å². The van der Waals surface area contributed by atoms with E-state index in [9.17, 15) is 4.79 Å². The van der Waals surface area contributed by atoms with E-state index in [1.807, 2.05) is 37.3 Å². The monoisotopic (exact) mass is 299 g/mol. The van der Waals surface area contributed by atoms with Crippen LogP contribution in [0.15, 0.2) is 41.2 Å². The molecule has 0 unspecified atom stereocenters. The minimum Gasteiger partial charge on any atom is -0.281 e. The Bertz CT molecular complexity index is 878. The summed E-state index contributed by atoms with van der Waals surface area (Å²) in [6.07, 6.45) is 0. The van der Waals surface area contributed by atoms with Crippen molar-refractivity contribution in [3.05, 3.63) is 51.5 Å². The van der Waals surface area contributed by atoms with Crippen molar-refractivity contribution >= 4 is 12.2 Å². The maximum atomic E-state index is 12.4. The lowest BCUT2D eigenvalue weighted by atomic mass is 10.1. The van der Waals surface area contributed by atoms with E-state index >= 15 is 0 Å². The highest BCUT2D eigenvalue weighted by molar-refractivity contribution is 7.71. The molecule has 6 nitrogen and oxygen atoms in total. The SMILES string of the molecule is CCn1nc(-c2ccccc2)cc(-c2nc(=S)[nH][nH]2)c1=O. The highest BCUT2D eigenvalue weighted by Crippen LogP contribution is 2.19. The third-order valence-electron chi connectivity index (χ3n) is 3.10. The van der Waals surface area contributed by atoms with Crippen molar-refractivity contribution in [3.8, 4) is 22.6 Å². The Morgan fingerprint density at radius 1 is 1.24 bits per heavy atom. The molecule has 0 bridgehead atoms. The molecule has 0 atom stereocenters. The summed E-state index contributed by atoms with van der Waals surface area (Å²) in [5.41, 5.74) is 1.90. The first kappa shape index (κ1) is 13.4. The van der Waals surface area contributed by atoms with Crippen molar-refractivity contribution in [1.82, 2.24) is 25.0 Å². The number of aryl methyl sites for hydroxylation is 1. The number of hydrogen-bond donors (Lipinski definition) is 2. The zero-order valence-electron chi connectivity index (χ0n) is 11.3. The molecule has 0 aliphatic heterocycles. The molecule has 0 spiro atoms. The Kier molecular flexibility index (Phi) is 3.49. The Morgan fingerprint density at radius 3 is 2.62 bits per heavy atom. The molecule has 7 heteroatoms. The van der Waals surface area contributed by atoms with Gasteiger partial charge in [0.15, 0.2) is 5.82 Å². The zero-order valence-corrected chi connectivity index (χ0v) is 12.1. The van der Waals surface area contributed by atoms with Gasteiger partial charge in [-0.1, -0.05) is 30.3 Å². The predicted molar refractivity (Wildman–Crippen MR) is 82.4 cm³/mol. The van der Waals surface area contributed by atoms with Gasteiger partial charge >= 0.3 is 0 Å². The maximum Gasteiger partial charge on any atom is 0.277 e. The first-order chi connectivity index (χ1) is 10.2. The van der Waals surface area contributed by atoms with Crippen LogP contribution in [0, 0.1) is 4.77 Å². The molecule has 0 aliphatic rings. The normalized spacial score (nSPS) is 10.7. The maximum absolute atomic E-state index is 12.4. The van der Waals surface area contributed by atoms with E-state index in [2.05, 4.69) is 20.3 Å². The second-order valence-corrected chi connectivity index (χ2v) is 4.83. The van der Waals surface area contributed by atoms with Crippen molar-refractivity contribution in [1.29, 1.82) is 0 Å². The Labute approximate surface area is 125 Å². The van der Waals surface area contributed by atoms with Gasteiger partial charge in [-0.15, -0.1) is 0 Å². The van der Waals surface area contributed by atoms with Crippen LogP contribution < -0.4 is 5.56 Å². The van der Waals surface area contributed by atoms with Crippen molar-refractivity contribution in [2.24, 2.45) is 0 Å². The predicted octanol–water partition coefficient (Wildman–Crippen LogP) is 2.38. The summed E-state index contributed by atoms with van der Waals surface area (Å²) >= 11 is 4.94. The first-order valence-corrected chi connectivity index (χ1v) is 6.92. The Balaban J connectivity index is 2.25. The van der Waals surface area contributed by atoms with Gasteiger partial charge in [-0.25, -0.2) is 4.68 Å². The molecule has 0 fully saturated rings. The summed E-state index contributed by atoms with van der Waals surface area (Å²) in [6.45, 7) is 2.36.